The van der Waals surface area contributed by atoms with Gasteiger partial charge in [0, 0.05) is 0 Å². The van der Waals surface area contributed by atoms with Crippen LogP contribution in [0.25, 0.3) is 0 Å². The van der Waals surface area contributed by atoms with Crippen molar-refractivity contribution in [1.29, 1.82) is 0 Å². The van der Waals surface area contributed by atoms with Crippen molar-refractivity contribution in [3.8, 4) is 0 Å². The van der Waals surface area contributed by atoms with E-state index in [1.807, 2.05) is 0 Å². The fraction of sp³-hybridized carbons (Fsp3) is 1.00. The third-order valence-corrected chi connectivity index (χ3v) is 4.19. The highest BCUT2D eigenvalue weighted by Gasteiger charge is 2.24. The molecular weight excluding hydrogens is 218 g/mol. The van der Waals surface area contributed by atoms with Crippen LogP contribution in [0.4, 0.5) is 0 Å². The molecule has 0 saturated carbocycles. The molecule has 0 fully saturated rings. The van der Waals surface area contributed by atoms with E-state index in [1.165, 1.54) is 88.4 Å². The second-order valence-electron chi connectivity index (χ2n) is 6.00. The molecule has 0 aliphatic rings. The van der Waals surface area contributed by atoms with E-state index in [9.17, 15) is 0 Å². The summed E-state index contributed by atoms with van der Waals surface area (Å²) in [7, 11) is 0. The molecule has 0 aromatic carbocycles. The highest BCUT2D eigenvalue weighted by molar-refractivity contribution is 4.50. The summed E-state index contributed by atoms with van der Waals surface area (Å²) in [6.07, 6.45) is 12.5. The van der Waals surface area contributed by atoms with E-state index in [0.717, 1.165) is 0 Å². The van der Waals surface area contributed by atoms with Crippen LogP contribution in [0.1, 0.15) is 85.5 Å². The van der Waals surface area contributed by atoms with Crippen molar-refractivity contribution in [2.75, 3.05) is 26.2 Å². The van der Waals surface area contributed by atoms with Gasteiger partial charge in [0.1, 0.15) is 0 Å². The fourth-order valence-electron chi connectivity index (χ4n) is 2.85. The van der Waals surface area contributed by atoms with Crippen molar-refractivity contribution in [2.24, 2.45) is 0 Å². The molecular formula is C17H38N+. The normalized spacial score (nSPS) is 12.0. The number of hydrogen-bond acceptors (Lipinski definition) is 0. The lowest BCUT2D eigenvalue weighted by molar-refractivity contribution is -0.929. The lowest BCUT2D eigenvalue weighted by Gasteiger charge is -2.39. The van der Waals surface area contributed by atoms with Crippen LogP contribution in [0, 0.1) is 0 Å². The maximum Gasteiger partial charge on any atom is 0.0786 e. The largest absolute Gasteiger partial charge is 0.324 e. The smallest absolute Gasteiger partial charge is 0.0786 e. The zero-order chi connectivity index (χ0) is 13.7. The second-order valence-corrected chi connectivity index (χ2v) is 6.00. The van der Waals surface area contributed by atoms with E-state index >= 15 is 0 Å². The van der Waals surface area contributed by atoms with Crippen LogP contribution in [0.2, 0.25) is 0 Å². The van der Waals surface area contributed by atoms with E-state index < -0.39 is 0 Å². The molecule has 0 unspecified atom stereocenters. The zero-order valence-corrected chi connectivity index (χ0v) is 13.6. The Balaban J connectivity index is 4.41. The predicted molar refractivity (Wildman–Crippen MR) is 84.0 cm³/mol. The fourth-order valence-corrected chi connectivity index (χ4v) is 2.85. The first-order valence-corrected chi connectivity index (χ1v) is 8.59. The average Bonchev–Trinajstić information content (AvgIpc) is 2.40. The monoisotopic (exact) mass is 256 g/mol. The molecule has 0 aliphatic heterocycles. The number of unbranched alkanes of at least 4 members (excludes halogenated alkanes) is 5. The number of rotatable bonds is 13. The van der Waals surface area contributed by atoms with Crippen molar-refractivity contribution >= 4 is 0 Å². The maximum absolute atomic E-state index is 2.33. The lowest BCUT2D eigenvalue weighted by atomic mass is 10.1. The first-order chi connectivity index (χ1) is 8.74. The Morgan fingerprint density at radius 2 is 0.778 bits per heavy atom. The van der Waals surface area contributed by atoms with Crippen LogP contribution in [-0.4, -0.2) is 30.7 Å². The van der Waals surface area contributed by atoms with Gasteiger partial charge in [-0.2, -0.15) is 0 Å². The molecule has 0 bridgehead atoms. The van der Waals surface area contributed by atoms with Crippen molar-refractivity contribution < 1.29 is 4.48 Å². The van der Waals surface area contributed by atoms with Gasteiger partial charge in [0.05, 0.1) is 26.2 Å². The Morgan fingerprint density at radius 3 is 1.11 bits per heavy atom. The van der Waals surface area contributed by atoms with Crippen molar-refractivity contribution in [3.05, 3.63) is 0 Å². The Kier molecular flexibility index (Phi) is 12.0. The van der Waals surface area contributed by atoms with Gasteiger partial charge in [-0.05, 0) is 32.1 Å². The minimum Gasteiger partial charge on any atom is -0.324 e. The van der Waals surface area contributed by atoms with Crippen LogP contribution < -0.4 is 0 Å². The predicted octanol–water partition coefficient (Wildman–Crippen LogP) is 5.39. The number of hydrogen-bond donors (Lipinski definition) is 0. The van der Waals surface area contributed by atoms with Crippen LogP contribution in [0.5, 0.6) is 0 Å². The molecule has 0 rings (SSSR count). The quantitative estimate of drug-likeness (QED) is 0.306. The van der Waals surface area contributed by atoms with Crippen molar-refractivity contribution in [1.82, 2.24) is 0 Å². The highest BCUT2D eigenvalue weighted by atomic mass is 15.3. The van der Waals surface area contributed by atoms with Crippen molar-refractivity contribution in [3.63, 3.8) is 0 Å². The highest BCUT2D eigenvalue weighted by Crippen LogP contribution is 2.16. The first kappa shape index (κ1) is 18.0. The molecule has 0 aromatic heterocycles. The maximum atomic E-state index is 2.33. The molecule has 0 aliphatic carbocycles. The van der Waals surface area contributed by atoms with Gasteiger partial charge in [0.25, 0.3) is 0 Å². The first-order valence-electron chi connectivity index (χ1n) is 8.59. The van der Waals surface area contributed by atoms with Crippen LogP contribution in [0.3, 0.4) is 0 Å². The Hall–Kier alpha value is -0.0400. The summed E-state index contributed by atoms with van der Waals surface area (Å²) in [5.41, 5.74) is 0. The van der Waals surface area contributed by atoms with Gasteiger partial charge in [0.15, 0.2) is 0 Å². The summed E-state index contributed by atoms with van der Waals surface area (Å²) >= 11 is 0. The van der Waals surface area contributed by atoms with E-state index in [4.69, 9.17) is 0 Å². The molecule has 0 heterocycles. The number of quaternary nitrogens is 1. The molecule has 0 amide bonds. The summed E-state index contributed by atoms with van der Waals surface area (Å²) in [5.74, 6) is 0. The molecule has 1 heteroatoms. The summed E-state index contributed by atoms with van der Waals surface area (Å²) < 4.78 is 1.43. The molecule has 0 aromatic rings. The molecule has 0 radical (unpaired) electrons. The van der Waals surface area contributed by atoms with Crippen LogP contribution in [0.15, 0.2) is 0 Å². The average molecular weight is 256 g/mol. The summed E-state index contributed by atoms with van der Waals surface area (Å²) in [6, 6.07) is 0. The van der Waals surface area contributed by atoms with Gasteiger partial charge in [0.2, 0.25) is 0 Å². The van der Waals surface area contributed by atoms with Crippen molar-refractivity contribution in [2.45, 2.75) is 85.5 Å². The van der Waals surface area contributed by atoms with E-state index in [1.54, 1.807) is 0 Å². The Morgan fingerprint density at radius 1 is 0.444 bits per heavy atom. The summed E-state index contributed by atoms with van der Waals surface area (Å²) in [5, 5.41) is 0. The minimum atomic E-state index is 1.35. The van der Waals surface area contributed by atoms with E-state index in [2.05, 4.69) is 27.7 Å². The molecule has 0 atom stereocenters. The third kappa shape index (κ3) is 8.13. The zero-order valence-electron chi connectivity index (χ0n) is 13.6. The topological polar surface area (TPSA) is 0 Å². The van der Waals surface area contributed by atoms with Gasteiger partial charge >= 0.3 is 0 Å². The van der Waals surface area contributed by atoms with Gasteiger partial charge in [-0.15, -0.1) is 0 Å². The van der Waals surface area contributed by atoms with E-state index in [0.29, 0.717) is 0 Å². The third-order valence-electron chi connectivity index (χ3n) is 4.19. The van der Waals surface area contributed by atoms with Gasteiger partial charge < -0.3 is 4.48 Å². The minimum absolute atomic E-state index is 1.35. The van der Waals surface area contributed by atoms with Crippen LogP contribution in [-0.2, 0) is 0 Å². The second kappa shape index (κ2) is 12.0. The van der Waals surface area contributed by atoms with Gasteiger partial charge in [-0.1, -0.05) is 53.4 Å². The van der Waals surface area contributed by atoms with Crippen LogP contribution >= 0.6 is 0 Å². The molecule has 18 heavy (non-hydrogen) atoms. The summed E-state index contributed by atoms with van der Waals surface area (Å²) in [4.78, 5) is 0. The standard InChI is InChI=1S/C17H38N/c1-5-9-13-17-18(14-10-6-2,15-11-7-3)16-12-8-4/h5-17H2,1-4H3/q+1. The molecule has 110 valence electrons. The van der Waals surface area contributed by atoms with E-state index in [-0.39, 0.29) is 0 Å². The van der Waals surface area contributed by atoms with Gasteiger partial charge in [-0.3, -0.25) is 0 Å². The Bertz CT molecular complexity index is 143. The molecule has 1 nitrogen and oxygen atoms in total. The number of nitrogens with zero attached hydrogens (tertiary/aromatic N) is 1. The summed E-state index contributed by atoms with van der Waals surface area (Å²) in [6.45, 7) is 15.0. The Labute approximate surface area is 117 Å². The lowest BCUT2D eigenvalue weighted by Crippen LogP contribution is -2.50. The molecule has 0 saturated heterocycles. The molecule has 0 N–H and O–H groups in total. The molecule has 0 spiro atoms. The van der Waals surface area contributed by atoms with Gasteiger partial charge in [-0.25, -0.2) is 0 Å². The SMILES string of the molecule is CCCCC[N+](CCCC)(CCCC)CCCC.